The Morgan fingerprint density at radius 2 is 2.15 bits per heavy atom. The van der Waals surface area contributed by atoms with Gasteiger partial charge in [-0.1, -0.05) is 0 Å². The maximum absolute atomic E-state index is 6.06. The number of hydrogen-bond acceptors (Lipinski definition) is 5. The van der Waals surface area contributed by atoms with Crippen molar-refractivity contribution in [3.8, 4) is 5.75 Å². The third-order valence-electron chi connectivity index (χ3n) is 5.21. The fraction of sp³-hybridized carbons (Fsp3) is 0.333. The first kappa shape index (κ1) is 16.3. The molecule has 5 rings (SSSR count). The van der Waals surface area contributed by atoms with Crippen molar-refractivity contribution in [2.75, 3.05) is 25.0 Å². The number of rotatable bonds is 3. The highest BCUT2D eigenvalue weighted by molar-refractivity contribution is 5.85. The van der Waals surface area contributed by atoms with Gasteiger partial charge in [0.2, 0.25) is 0 Å². The number of aryl methyl sites for hydroxylation is 2. The van der Waals surface area contributed by atoms with E-state index in [1.807, 2.05) is 24.4 Å². The minimum Gasteiger partial charge on any atom is -0.488 e. The predicted octanol–water partition coefficient (Wildman–Crippen LogP) is 3.05. The molecule has 138 valence electrons. The van der Waals surface area contributed by atoms with Crippen LogP contribution in [0.2, 0.25) is 0 Å². The molecule has 0 saturated carbocycles. The van der Waals surface area contributed by atoms with E-state index in [1.54, 1.807) is 0 Å². The van der Waals surface area contributed by atoms with Gasteiger partial charge in [-0.15, -0.1) is 0 Å². The molecular weight excluding hydrogens is 338 g/mol. The number of fused-ring (bicyclic) bond motifs is 2. The highest BCUT2D eigenvalue weighted by Gasteiger charge is 2.18. The molecule has 1 saturated heterocycles. The number of anilines is 1. The van der Waals surface area contributed by atoms with E-state index in [0.717, 1.165) is 64.8 Å². The molecule has 4 heterocycles. The molecule has 0 bridgehead atoms. The van der Waals surface area contributed by atoms with Crippen LogP contribution in [0, 0.1) is 13.8 Å². The van der Waals surface area contributed by atoms with Crippen molar-refractivity contribution in [2.24, 2.45) is 0 Å². The number of imidazole rings is 1. The van der Waals surface area contributed by atoms with Crippen molar-refractivity contribution in [1.82, 2.24) is 19.7 Å². The average molecular weight is 361 g/mol. The van der Waals surface area contributed by atoms with E-state index < -0.39 is 0 Å². The number of nitrogens with zero attached hydrogens (tertiary/aromatic N) is 3. The molecule has 1 fully saturated rings. The largest absolute Gasteiger partial charge is 0.488 e. The van der Waals surface area contributed by atoms with Gasteiger partial charge in [0.15, 0.2) is 5.65 Å². The van der Waals surface area contributed by atoms with Crippen LogP contribution < -0.4 is 15.4 Å². The highest BCUT2D eigenvalue weighted by atomic mass is 16.5. The summed E-state index contributed by atoms with van der Waals surface area (Å²) in [5.41, 5.74) is 7.06. The van der Waals surface area contributed by atoms with Gasteiger partial charge in [-0.05, 0) is 45.0 Å². The molecule has 2 aliphatic heterocycles. The van der Waals surface area contributed by atoms with Crippen LogP contribution in [0.5, 0.6) is 5.75 Å². The zero-order valence-corrected chi connectivity index (χ0v) is 15.6. The maximum Gasteiger partial charge on any atom is 0.158 e. The Morgan fingerprint density at radius 3 is 3.00 bits per heavy atom. The second-order valence-corrected chi connectivity index (χ2v) is 7.37. The Kier molecular flexibility index (Phi) is 3.86. The quantitative estimate of drug-likeness (QED) is 0.751. The first-order valence-corrected chi connectivity index (χ1v) is 9.44. The SMILES string of the molecule is Cc1cn2cc(C3=Cc4ccc(NC5CCNC5)cc4OC3)nc2c(C)n1. The summed E-state index contributed by atoms with van der Waals surface area (Å²) in [6.45, 7) is 6.62. The van der Waals surface area contributed by atoms with E-state index in [1.165, 1.54) is 0 Å². The lowest BCUT2D eigenvalue weighted by Gasteiger charge is -2.19. The molecular formula is C21H23N5O. The molecule has 3 aromatic rings. The van der Waals surface area contributed by atoms with Gasteiger partial charge in [-0.25, -0.2) is 4.98 Å². The molecule has 1 aromatic carbocycles. The van der Waals surface area contributed by atoms with Crippen molar-refractivity contribution >= 4 is 23.0 Å². The van der Waals surface area contributed by atoms with Crippen molar-refractivity contribution in [2.45, 2.75) is 26.3 Å². The lowest BCUT2D eigenvalue weighted by Crippen LogP contribution is -2.22. The first-order chi connectivity index (χ1) is 13.2. The smallest absolute Gasteiger partial charge is 0.158 e. The van der Waals surface area contributed by atoms with Crippen molar-refractivity contribution < 1.29 is 4.74 Å². The van der Waals surface area contributed by atoms with Crippen LogP contribution in [-0.2, 0) is 0 Å². The van der Waals surface area contributed by atoms with E-state index in [-0.39, 0.29) is 0 Å². The minimum atomic E-state index is 0.496. The van der Waals surface area contributed by atoms with Crippen LogP contribution in [0.25, 0.3) is 17.3 Å². The fourth-order valence-electron chi connectivity index (χ4n) is 3.87. The Hall–Kier alpha value is -2.86. The van der Waals surface area contributed by atoms with Crippen molar-refractivity contribution in [3.05, 3.63) is 53.2 Å². The Bertz CT molecular complexity index is 1050. The van der Waals surface area contributed by atoms with Crippen molar-refractivity contribution in [1.29, 1.82) is 0 Å². The molecule has 0 spiro atoms. The second-order valence-electron chi connectivity index (χ2n) is 7.37. The molecule has 27 heavy (non-hydrogen) atoms. The van der Waals surface area contributed by atoms with Gasteiger partial charge in [-0.2, -0.15) is 0 Å². The number of nitrogens with one attached hydrogen (secondary N) is 2. The van der Waals surface area contributed by atoms with E-state index in [9.17, 15) is 0 Å². The average Bonchev–Trinajstić information content (AvgIpc) is 3.31. The van der Waals surface area contributed by atoms with E-state index in [0.29, 0.717) is 12.6 Å². The maximum atomic E-state index is 6.06. The molecule has 2 N–H and O–H groups in total. The van der Waals surface area contributed by atoms with Gasteiger partial charge in [-0.3, -0.25) is 4.98 Å². The summed E-state index contributed by atoms with van der Waals surface area (Å²) < 4.78 is 8.10. The Labute approximate surface area is 158 Å². The summed E-state index contributed by atoms with van der Waals surface area (Å²) in [4.78, 5) is 9.27. The molecule has 0 aliphatic carbocycles. The summed E-state index contributed by atoms with van der Waals surface area (Å²) >= 11 is 0. The summed E-state index contributed by atoms with van der Waals surface area (Å²) in [5, 5.41) is 6.96. The van der Waals surface area contributed by atoms with Crippen LogP contribution in [-0.4, -0.2) is 40.1 Å². The van der Waals surface area contributed by atoms with Crippen LogP contribution in [0.3, 0.4) is 0 Å². The monoisotopic (exact) mass is 361 g/mol. The molecule has 6 heteroatoms. The van der Waals surface area contributed by atoms with E-state index in [2.05, 4.69) is 46.1 Å². The summed E-state index contributed by atoms with van der Waals surface area (Å²) in [6.07, 6.45) is 7.40. The van der Waals surface area contributed by atoms with Crippen LogP contribution in [0.4, 0.5) is 5.69 Å². The first-order valence-electron chi connectivity index (χ1n) is 9.44. The highest BCUT2D eigenvalue weighted by Crippen LogP contribution is 2.33. The summed E-state index contributed by atoms with van der Waals surface area (Å²) in [7, 11) is 0. The second kappa shape index (κ2) is 6.39. The zero-order valence-electron chi connectivity index (χ0n) is 15.6. The number of ether oxygens (including phenoxy) is 1. The molecule has 6 nitrogen and oxygen atoms in total. The van der Waals surface area contributed by atoms with Gasteiger partial charge in [0.25, 0.3) is 0 Å². The number of benzene rings is 1. The minimum absolute atomic E-state index is 0.496. The Morgan fingerprint density at radius 1 is 1.22 bits per heavy atom. The molecule has 1 unspecified atom stereocenters. The lowest BCUT2D eigenvalue weighted by atomic mass is 10.0. The van der Waals surface area contributed by atoms with E-state index >= 15 is 0 Å². The normalized spacial score (nSPS) is 18.9. The van der Waals surface area contributed by atoms with Crippen LogP contribution >= 0.6 is 0 Å². The van der Waals surface area contributed by atoms with Gasteiger partial charge in [0.05, 0.1) is 17.1 Å². The third-order valence-corrected chi connectivity index (χ3v) is 5.21. The van der Waals surface area contributed by atoms with E-state index in [4.69, 9.17) is 9.72 Å². The van der Waals surface area contributed by atoms with Crippen LogP contribution in [0.1, 0.15) is 29.1 Å². The predicted molar refractivity (Wildman–Crippen MR) is 107 cm³/mol. The Balaban J connectivity index is 1.44. The van der Waals surface area contributed by atoms with Gasteiger partial charge >= 0.3 is 0 Å². The molecule has 2 aliphatic rings. The van der Waals surface area contributed by atoms with Crippen LogP contribution in [0.15, 0.2) is 30.6 Å². The molecule has 1 atom stereocenters. The molecule has 0 radical (unpaired) electrons. The number of aromatic nitrogens is 3. The van der Waals surface area contributed by atoms with Crippen molar-refractivity contribution in [3.63, 3.8) is 0 Å². The fourth-order valence-corrected chi connectivity index (χ4v) is 3.87. The topological polar surface area (TPSA) is 63.5 Å². The van der Waals surface area contributed by atoms with Gasteiger partial charge in [0, 0.05) is 47.9 Å². The molecule has 2 aromatic heterocycles. The zero-order chi connectivity index (χ0) is 18.4. The summed E-state index contributed by atoms with van der Waals surface area (Å²) in [5.74, 6) is 0.923. The number of hydrogen-bond donors (Lipinski definition) is 2. The van der Waals surface area contributed by atoms with Gasteiger partial charge in [0.1, 0.15) is 12.4 Å². The molecule has 0 amide bonds. The van der Waals surface area contributed by atoms with Gasteiger partial charge < -0.3 is 19.8 Å². The summed E-state index contributed by atoms with van der Waals surface area (Å²) in [6, 6.07) is 6.84. The standard InChI is InChI=1S/C21H23N5O/c1-13-10-26-11-19(25-21(26)14(2)23-13)16-7-15-3-4-17(8-20(15)27-12-16)24-18-5-6-22-9-18/h3-4,7-8,10-11,18,22,24H,5-6,9,12H2,1-2H3. The lowest BCUT2D eigenvalue weighted by molar-refractivity contribution is 0.365. The third kappa shape index (κ3) is 3.06.